The lowest BCUT2D eigenvalue weighted by Gasteiger charge is -2.34. The molecular weight excluding hydrogens is 282 g/mol. The lowest BCUT2D eigenvalue weighted by atomic mass is 9.86. The van der Waals surface area contributed by atoms with Crippen molar-refractivity contribution in [2.45, 2.75) is 44.8 Å². The van der Waals surface area contributed by atoms with Gasteiger partial charge in [0.25, 0.3) is 5.91 Å². The minimum Gasteiger partial charge on any atom is -0.379 e. The molecular formula is C16H23N3O3. The maximum atomic E-state index is 12.3. The molecule has 1 N–H and O–H groups in total. The van der Waals surface area contributed by atoms with E-state index in [1.54, 1.807) is 19.3 Å². The molecule has 6 heteroatoms. The molecule has 1 aliphatic heterocycles. The highest BCUT2D eigenvalue weighted by Gasteiger charge is 2.30. The number of aromatic nitrogens is 2. The number of nitrogens with zero attached hydrogens (tertiary/aromatic N) is 2. The van der Waals surface area contributed by atoms with E-state index in [1.165, 1.54) is 19.3 Å². The number of ether oxygens (including phenoxy) is 2. The van der Waals surface area contributed by atoms with E-state index in [0.717, 1.165) is 13.0 Å². The van der Waals surface area contributed by atoms with Crippen LogP contribution in [0.2, 0.25) is 0 Å². The quantitative estimate of drug-likeness (QED) is 0.892. The van der Waals surface area contributed by atoms with E-state index >= 15 is 0 Å². The maximum absolute atomic E-state index is 12.3. The second kappa shape index (κ2) is 7.15. The van der Waals surface area contributed by atoms with Crippen LogP contribution in [0.5, 0.6) is 0 Å². The fourth-order valence-electron chi connectivity index (χ4n) is 2.73. The average Bonchev–Trinajstić information content (AvgIpc) is 2.48. The van der Waals surface area contributed by atoms with Gasteiger partial charge in [0, 0.05) is 25.6 Å². The summed E-state index contributed by atoms with van der Waals surface area (Å²) in [7, 11) is 0. The van der Waals surface area contributed by atoms with Gasteiger partial charge in [0.2, 0.25) is 0 Å². The number of amides is 1. The average molecular weight is 305 g/mol. The molecule has 0 unspecified atom stereocenters. The Kier molecular flexibility index (Phi) is 5.00. The molecule has 22 heavy (non-hydrogen) atoms. The molecule has 2 atom stereocenters. The minimum atomic E-state index is -0.173. The molecule has 120 valence electrons. The van der Waals surface area contributed by atoms with Gasteiger partial charge in [-0.25, -0.2) is 9.97 Å². The van der Waals surface area contributed by atoms with E-state index in [0.29, 0.717) is 30.5 Å². The number of carbonyl (C=O) groups excluding carboxylic acids is 1. The Bertz CT molecular complexity index is 502. The molecule has 1 saturated heterocycles. The van der Waals surface area contributed by atoms with Gasteiger partial charge in [0.05, 0.1) is 24.3 Å². The molecule has 1 aromatic heterocycles. The SMILES string of the molecule is Cc1ncc(C(=O)N[C@@H]2COCC[C@@H]2OCC2CCC2)cn1. The standard InChI is InChI=1S/C16H23N3O3/c1-11-17-7-13(8-18-11)16(20)19-14-10-21-6-5-15(14)22-9-12-3-2-4-12/h7-8,12,14-15H,2-6,9-10H2,1H3,(H,19,20)/t14-,15+/m1/s1. The van der Waals surface area contributed by atoms with Crippen molar-refractivity contribution in [2.75, 3.05) is 19.8 Å². The number of nitrogens with one attached hydrogen (secondary N) is 1. The van der Waals surface area contributed by atoms with Crippen molar-refractivity contribution in [3.63, 3.8) is 0 Å². The van der Waals surface area contributed by atoms with E-state index < -0.39 is 0 Å². The zero-order valence-corrected chi connectivity index (χ0v) is 13.0. The maximum Gasteiger partial charge on any atom is 0.254 e. The van der Waals surface area contributed by atoms with Crippen molar-refractivity contribution in [1.29, 1.82) is 0 Å². The van der Waals surface area contributed by atoms with Gasteiger partial charge in [-0.1, -0.05) is 6.42 Å². The summed E-state index contributed by atoms with van der Waals surface area (Å²) < 4.78 is 11.5. The van der Waals surface area contributed by atoms with Gasteiger partial charge < -0.3 is 14.8 Å². The van der Waals surface area contributed by atoms with Crippen LogP contribution in [0.15, 0.2) is 12.4 Å². The van der Waals surface area contributed by atoms with Crippen molar-refractivity contribution < 1.29 is 14.3 Å². The fourth-order valence-corrected chi connectivity index (χ4v) is 2.73. The fraction of sp³-hybridized carbons (Fsp3) is 0.688. The van der Waals surface area contributed by atoms with Gasteiger partial charge in [-0.3, -0.25) is 4.79 Å². The van der Waals surface area contributed by atoms with Crippen LogP contribution < -0.4 is 5.32 Å². The molecule has 1 aliphatic carbocycles. The van der Waals surface area contributed by atoms with Crippen LogP contribution in [0.3, 0.4) is 0 Å². The summed E-state index contributed by atoms with van der Waals surface area (Å²) in [6, 6.07) is -0.109. The van der Waals surface area contributed by atoms with Gasteiger partial charge in [-0.05, 0) is 32.1 Å². The summed E-state index contributed by atoms with van der Waals surface area (Å²) >= 11 is 0. The Morgan fingerprint density at radius 2 is 2.14 bits per heavy atom. The van der Waals surface area contributed by atoms with Crippen LogP contribution >= 0.6 is 0 Å². The predicted molar refractivity (Wildman–Crippen MR) is 80.5 cm³/mol. The molecule has 1 amide bonds. The van der Waals surface area contributed by atoms with Crippen LogP contribution in [-0.4, -0.2) is 47.8 Å². The van der Waals surface area contributed by atoms with Gasteiger partial charge in [0.1, 0.15) is 5.82 Å². The first-order valence-corrected chi connectivity index (χ1v) is 8.01. The van der Waals surface area contributed by atoms with Crippen molar-refractivity contribution >= 4 is 5.91 Å². The summed E-state index contributed by atoms with van der Waals surface area (Å²) in [5, 5.41) is 3.00. The van der Waals surface area contributed by atoms with Crippen LogP contribution in [0.1, 0.15) is 41.9 Å². The van der Waals surface area contributed by atoms with Crippen LogP contribution in [0.4, 0.5) is 0 Å². The highest BCUT2D eigenvalue weighted by atomic mass is 16.5. The number of aryl methyl sites for hydroxylation is 1. The Morgan fingerprint density at radius 3 is 2.82 bits per heavy atom. The van der Waals surface area contributed by atoms with Crippen molar-refractivity contribution in [2.24, 2.45) is 5.92 Å². The highest BCUT2D eigenvalue weighted by molar-refractivity contribution is 5.93. The third-order valence-electron chi connectivity index (χ3n) is 4.42. The second-order valence-electron chi connectivity index (χ2n) is 6.13. The lowest BCUT2D eigenvalue weighted by molar-refractivity contribution is -0.0696. The third-order valence-corrected chi connectivity index (χ3v) is 4.42. The molecule has 0 bridgehead atoms. The monoisotopic (exact) mass is 305 g/mol. The molecule has 1 saturated carbocycles. The summed E-state index contributed by atoms with van der Waals surface area (Å²) in [4.78, 5) is 20.4. The number of hydrogen-bond acceptors (Lipinski definition) is 5. The summed E-state index contributed by atoms with van der Waals surface area (Å²) in [5.74, 6) is 1.18. The van der Waals surface area contributed by atoms with Crippen LogP contribution in [0, 0.1) is 12.8 Å². The van der Waals surface area contributed by atoms with Gasteiger partial charge in [-0.2, -0.15) is 0 Å². The van der Waals surface area contributed by atoms with E-state index in [1.807, 2.05) is 0 Å². The second-order valence-corrected chi connectivity index (χ2v) is 6.13. The predicted octanol–water partition coefficient (Wildman–Crippen LogP) is 1.49. The Hall–Kier alpha value is -1.53. The van der Waals surface area contributed by atoms with E-state index in [-0.39, 0.29) is 18.1 Å². The lowest BCUT2D eigenvalue weighted by Crippen LogP contribution is -2.51. The summed E-state index contributed by atoms with van der Waals surface area (Å²) in [6.45, 7) is 3.77. The number of rotatable bonds is 5. The van der Waals surface area contributed by atoms with E-state index in [2.05, 4.69) is 15.3 Å². The molecule has 2 heterocycles. The summed E-state index contributed by atoms with van der Waals surface area (Å²) in [5.41, 5.74) is 0.467. The molecule has 0 aromatic carbocycles. The van der Waals surface area contributed by atoms with Crippen LogP contribution in [-0.2, 0) is 9.47 Å². The van der Waals surface area contributed by atoms with Crippen molar-refractivity contribution in [3.05, 3.63) is 23.8 Å². The van der Waals surface area contributed by atoms with Crippen LogP contribution in [0.25, 0.3) is 0 Å². The minimum absolute atomic E-state index is 0.0321. The number of carbonyl (C=O) groups is 1. The topological polar surface area (TPSA) is 73.3 Å². The Labute approximate surface area is 130 Å². The zero-order chi connectivity index (χ0) is 15.4. The molecule has 2 aliphatic rings. The van der Waals surface area contributed by atoms with Gasteiger partial charge in [-0.15, -0.1) is 0 Å². The molecule has 2 fully saturated rings. The van der Waals surface area contributed by atoms with Crippen molar-refractivity contribution in [3.8, 4) is 0 Å². The third kappa shape index (κ3) is 3.81. The molecule has 3 rings (SSSR count). The molecule has 6 nitrogen and oxygen atoms in total. The zero-order valence-electron chi connectivity index (χ0n) is 13.0. The first-order chi connectivity index (χ1) is 10.7. The number of hydrogen-bond donors (Lipinski definition) is 1. The van der Waals surface area contributed by atoms with Gasteiger partial charge >= 0.3 is 0 Å². The highest BCUT2D eigenvalue weighted by Crippen LogP contribution is 2.27. The van der Waals surface area contributed by atoms with Gasteiger partial charge in [0.15, 0.2) is 0 Å². The molecule has 0 radical (unpaired) electrons. The molecule has 1 aromatic rings. The first-order valence-electron chi connectivity index (χ1n) is 8.01. The van der Waals surface area contributed by atoms with E-state index in [4.69, 9.17) is 9.47 Å². The Morgan fingerprint density at radius 1 is 1.36 bits per heavy atom. The smallest absolute Gasteiger partial charge is 0.254 e. The Balaban J connectivity index is 1.55. The summed E-state index contributed by atoms with van der Waals surface area (Å²) in [6.07, 6.45) is 7.79. The first kappa shape index (κ1) is 15.4. The molecule has 0 spiro atoms. The van der Waals surface area contributed by atoms with Crippen molar-refractivity contribution in [1.82, 2.24) is 15.3 Å². The van der Waals surface area contributed by atoms with E-state index in [9.17, 15) is 4.79 Å². The normalized spacial score (nSPS) is 25.5. The largest absolute Gasteiger partial charge is 0.379 e.